The lowest BCUT2D eigenvalue weighted by atomic mass is 9.99. The Morgan fingerprint density at radius 1 is 1.04 bits per heavy atom. The third-order valence-corrected chi connectivity index (χ3v) is 3.34. The van der Waals surface area contributed by atoms with Crippen LogP contribution in [0.2, 0.25) is 0 Å². The molecule has 166 valence electrons. The second-order valence-corrected chi connectivity index (χ2v) is 7.48. The normalized spacial score (nSPS) is 11.5. The number of benzene rings is 1. The van der Waals surface area contributed by atoms with Crippen LogP contribution in [-0.4, -0.2) is 24.7 Å². The van der Waals surface area contributed by atoms with Crippen LogP contribution in [-0.2, 0) is 4.79 Å². The van der Waals surface area contributed by atoms with Gasteiger partial charge < -0.3 is 10.4 Å². The molecule has 1 aromatic rings. The first-order valence-corrected chi connectivity index (χ1v) is 11.1. The first-order chi connectivity index (χ1) is 13.2. The molecule has 0 amide bonds. The third-order valence-electron chi connectivity index (χ3n) is 2.71. The van der Waals surface area contributed by atoms with Gasteiger partial charge in [-0.25, -0.2) is 0 Å². The summed E-state index contributed by atoms with van der Waals surface area (Å²) < 4.78 is 0. The Morgan fingerprint density at radius 3 is 1.79 bits per heavy atom. The Bertz CT molecular complexity index is 486. The Labute approximate surface area is 178 Å². The van der Waals surface area contributed by atoms with E-state index in [9.17, 15) is 0 Å². The van der Waals surface area contributed by atoms with E-state index in [-0.39, 0.29) is 6.47 Å². The highest BCUT2D eigenvalue weighted by Gasteiger charge is 2.05. The lowest BCUT2D eigenvalue weighted by Crippen LogP contribution is -2.20. The molecule has 4 heteroatoms. The predicted molar refractivity (Wildman–Crippen MR) is 134 cm³/mol. The average molecular weight is 414 g/mol. The van der Waals surface area contributed by atoms with Gasteiger partial charge in [0.05, 0.1) is 0 Å². The van der Waals surface area contributed by atoms with Gasteiger partial charge in [-0.15, -0.1) is 9.24 Å². The minimum atomic E-state index is -0.250. The van der Waals surface area contributed by atoms with Crippen molar-refractivity contribution in [3.8, 4) is 0 Å². The molecule has 28 heavy (non-hydrogen) atoms. The molecule has 1 heterocycles. The molecule has 0 saturated heterocycles. The molecular weight excluding hydrogens is 365 g/mol. The van der Waals surface area contributed by atoms with E-state index in [1.54, 1.807) is 0 Å². The van der Waals surface area contributed by atoms with Gasteiger partial charge in [-0.2, -0.15) is 0 Å². The molecule has 2 rings (SSSR count). The number of aryl methyl sites for hydroxylation is 1. The standard InChI is InChI=1S/C12H16NP.C5H12.3C2H6.CH2O2/c1-9-2-3-11(8-12(9)14)10-4-6-13-7-5-10;1-5(2,3)4;3*1-2;2-1-3/h2-4,8,13H,5-7,14H2,1H3;1-4H3;3*1-2H3;1H,(H,2,3). The molecule has 1 aromatic carbocycles. The molecule has 0 bridgehead atoms. The fourth-order valence-electron chi connectivity index (χ4n) is 1.72. The van der Waals surface area contributed by atoms with Crippen molar-refractivity contribution in [2.24, 2.45) is 5.41 Å². The fraction of sp³-hybridized carbons (Fsp3) is 0.625. The van der Waals surface area contributed by atoms with Crippen molar-refractivity contribution < 1.29 is 9.90 Å². The van der Waals surface area contributed by atoms with Crippen molar-refractivity contribution in [3.63, 3.8) is 0 Å². The van der Waals surface area contributed by atoms with E-state index in [4.69, 9.17) is 9.90 Å². The Morgan fingerprint density at radius 2 is 1.46 bits per heavy atom. The van der Waals surface area contributed by atoms with Crippen molar-refractivity contribution in [2.75, 3.05) is 13.1 Å². The van der Waals surface area contributed by atoms with E-state index in [0.717, 1.165) is 19.5 Å². The van der Waals surface area contributed by atoms with Gasteiger partial charge in [0.25, 0.3) is 6.47 Å². The van der Waals surface area contributed by atoms with Gasteiger partial charge >= 0.3 is 0 Å². The second-order valence-electron chi connectivity index (χ2n) is 6.86. The van der Waals surface area contributed by atoms with Crippen LogP contribution in [0.25, 0.3) is 5.57 Å². The van der Waals surface area contributed by atoms with Crippen LogP contribution in [0.1, 0.15) is 86.8 Å². The molecule has 3 nitrogen and oxygen atoms in total. The summed E-state index contributed by atoms with van der Waals surface area (Å²) in [6, 6.07) is 6.68. The molecular formula is C24H48NO2P. The van der Waals surface area contributed by atoms with Crippen LogP contribution in [0.3, 0.4) is 0 Å². The maximum Gasteiger partial charge on any atom is 0.290 e. The average Bonchev–Trinajstić information content (AvgIpc) is 2.69. The summed E-state index contributed by atoms with van der Waals surface area (Å²) >= 11 is 0. The van der Waals surface area contributed by atoms with Gasteiger partial charge in [0, 0.05) is 6.54 Å². The van der Waals surface area contributed by atoms with Crippen molar-refractivity contribution in [3.05, 3.63) is 35.4 Å². The van der Waals surface area contributed by atoms with Gasteiger partial charge in [-0.1, -0.05) is 87.4 Å². The van der Waals surface area contributed by atoms with E-state index in [2.05, 4.69) is 73.5 Å². The number of hydrogen-bond donors (Lipinski definition) is 2. The largest absolute Gasteiger partial charge is 0.483 e. The van der Waals surface area contributed by atoms with Crippen molar-refractivity contribution in [1.82, 2.24) is 5.32 Å². The molecule has 0 saturated carbocycles. The van der Waals surface area contributed by atoms with Crippen molar-refractivity contribution >= 4 is 26.6 Å². The van der Waals surface area contributed by atoms with E-state index in [0.29, 0.717) is 5.41 Å². The zero-order valence-electron chi connectivity index (χ0n) is 20.4. The first kappa shape index (κ1) is 34.3. The molecule has 0 aromatic heterocycles. The Balaban J connectivity index is -0.000000173. The third kappa shape index (κ3) is 24.8. The second kappa shape index (κ2) is 23.9. The summed E-state index contributed by atoms with van der Waals surface area (Å²) in [6.45, 7) is 24.8. The lowest BCUT2D eigenvalue weighted by Gasteiger charge is -2.15. The number of rotatable bonds is 1. The molecule has 1 atom stereocenters. The van der Waals surface area contributed by atoms with Crippen molar-refractivity contribution in [1.29, 1.82) is 0 Å². The van der Waals surface area contributed by atoms with Gasteiger partial charge in [-0.3, -0.25) is 4.79 Å². The Hall–Kier alpha value is -1.18. The summed E-state index contributed by atoms with van der Waals surface area (Å²) in [5.74, 6) is 0. The van der Waals surface area contributed by atoms with Crippen LogP contribution < -0.4 is 10.6 Å². The summed E-state index contributed by atoms with van der Waals surface area (Å²) in [6.07, 6.45) is 3.44. The highest BCUT2D eigenvalue weighted by Crippen LogP contribution is 2.19. The molecule has 0 spiro atoms. The van der Waals surface area contributed by atoms with Crippen LogP contribution >= 0.6 is 9.24 Å². The summed E-state index contributed by atoms with van der Waals surface area (Å²) in [5.41, 5.74) is 4.70. The summed E-state index contributed by atoms with van der Waals surface area (Å²) in [5, 5.41) is 11.5. The van der Waals surface area contributed by atoms with Gasteiger partial charge in [0.1, 0.15) is 0 Å². The molecule has 0 aliphatic carbocycles. The molecule has 1 unspecified atom stereocenters. The van der Waals surface area contributed by atoms with Gasteiger partial charge in [0.15, 0.2) is 0 Å². The monoisotopic (exact) mass is 413 g/mol. The maximum atomic E-state index is 8.36. The zero-order valence-corrected chi connectivity index (χ0v) is 21.6. The van der Waals surface area contributed by atoms with Crippen molar-refractivity contribution in [2.45, 2.75) is 82.6 Å². The van der Waals surface area contributed by atoms with Crippen LogP contribution in [0.5, 0.6) is 0 Å². The number of nitrogens with one attached hydrogen (secondary N) is 1. The maximum absolute atomic E-state index is 8.36. The summed E-state index contributed by atoms with van der Waals surface area (Å²) in [7, 11) is 2.80. The van der Waals surface area contributed by atoms with E-state index >= 15 is 0 Å². The number of carbonyl (C=O) groups is 1. The number of hydrogen-bond acceptors (Lipinski definition) is 2. The van der Waals surface area contributed by atoms with E-state index in [1.807, 2.05) is 41.5 Å². The van der Waals surface area contributed by atoms with E-state index in [1.165, 1.54) is 22.0 Å². The van der Waals surface area contributed by atoms with Crippen LogP contribution in [0.15, 0.2) is 24.3 Å². The molecule has 0 radical (unpaired) electrons. The Kier molecular flexibility index (Phi) is 29.3. The SMILES string of the molecule is CC.CC.CC.CC(C)(C)C.Cc1ccc(C2=CCNCC2)cc1P.O=CO. The van der Waals surface area contributed by atoms with Crippen LogP contribution in [0, 0.1) is 12.3 Å². The van der Waals surface area contributed by atoms with Crippen LogP contribution in [0.4, 0.5) is 0 Å². The molecule has 2 N–H and O–H groups in total. The van der Waals surface area contributed by atoms with E-state index < -0.39 is 0 Å². The molecule has 1 aliphatic rings. The smallest absolute Gasteiger partial charge is 0.290 e. The predicted octanol–water partition coefficient (Wildman–Crippen LogP) is 6.70. The number of carboxylic acid groups (broad SMARTS) is 1. The fourth-order valence-corrected chi connectivity index (χ4v) is 2.00. The topological polar surface area (TPSA) is 49.3 Å². The molecule has 0 fully saturated rings. The quantitative estimate of drug-likeness (QED) is 0.397. The highest BCUT2D eigenvalue weighted by molar-refractivity contribution is 7.27. The van der Waals surface area contributed by atoms with Gasteiger partial charge in [-0.05, 0) is 53.4 Å². The minimum absolute atomic E-state index is 0.250. The zero-order chi connectivity index (χ0) is 23.2. The minimum Gasteiger partial charge on any atom is -0.483 e. The summed E-state index contributed by atoms with van der Waals surface area (Å²) in [4.78, 5) is 8.36. The lowest BCUT2D eigenvalue weighted by molar-refractivity contribution is -0.122. The highest BCUT2D eigenvalue weighted by atomic mass is 31.0. The first-order valence-electron chi connectivity index (χ1n) is 10.5. The molecule has 1 aliphatic heterocycles. The van der Waals surface area contributed by atoms with Gasteiger partial charge in [0.2, 0.25) is 0 Å².